The molecule has 0 aliphatic heterocycles. The van der Waals surface area contributed by atoms with E-state index in [9.17, 15) is 0 Å². The van der Waals surface area contributed by atoms with Crippen molar-refractivity contribution in [2.24, 2.45) is 0 Å². The molecule has 0 bridgehead atoms. The van der Waals surface area contributed by atoms with Gasteiger partial charge in [0.1, 0.15) is 0 Å². The first-order valence-corrected chi connectivity index (χ1v) is 7.84. The molecule has 100 valence electrons. The van der Waals surface area contributed by atoms with Crippen LogP contribution in [-0.2, 0) is 0 Å². The standard InChI is InChI=1S/C16H20N2S/c1-11-16(19-10-18-11)15(17-2)14-8-4-7-13(9-14)12-5-3-6-12/h4,7-10,12,15,17H,3,5-6H2,1-2H3. The van der Waals surface area contributed by atoms with E-state index in [0.717, 1.165) is 11.6 Å². The fraction of sp³-hybridized carbons (Fsp3) is 0.438. The minimum Gasteiger partial charge on any atom is -0.309 e. The van der Waals surface area contributed by atoms with Gasteiger partial charge in [0.05, 0.1) is 17.2 Å². The molecule has 1 aliphatic carbocycles. The molecule has 0 saturated heterocycles. The first-order valence-electron chi connectivity index (χ1n) is 6.96. The van der Waals surface area contributed by atoms with Crippen molar-refractivity contribution in [3.63, 3.8) is 0 Å². The van der Waals surface area contributed by atoms with Crippen LogP contribution >= 0.6 is 11.3 Å². The van der Waals surface area contributed by atoms with Crippen molar-refractivity contribution in [1.82, 2.24) is 10.3 Å². The molecule has 3 rings (SSSR count). The zero-order valence-corrected chi connectivity index (χ0v) is 12.3. The Hall–Kier alpha value is -1.19. The van der Waals surface area contributed by atoms with Gasteiger partial charge >= 0.3 is 0 Å². The lowest BCUT2D eigenvalue weighted by atomic mass is 9.79. The van der Waals surface area contributed by atoms with Crippen LogP contribution in [0.1, 0.15) is 52.9 Å². The average Bonchev–Trinajstić information content (AvgIpc) is 2.75. The molecule has 1 atom stereocenters. The maximum Gasteiger partial charge on any atom is 0.0798 e. The Bertz CT molecular complexity index is 557. The van der Waals surface area contributed by atoms with E-state index in [2.05, 4.69) is 41.5 Å². The van der Waals surface area contributed by atoms with Crippen LogP contribution in [0, 0.1) is 6.92 Å². The lowest BCUT2D eigenvalue weighted by molar-refractivity contribution is 0.419. The maximum absolute atomic E-state index is 4.37. The highest BCUT2D eigenvalue weighted by Gasteiger charge is 2.22. The van der Waals surface area contributed by atoms with Crippen molar-refractivity contribution in [2.45, 2.75) is 38.1 Å². The third-order valence-corrected chi connectivity index (χ3v) is 5.15. The summed E-state index contributed by atoms with van der Waals surface area (Å²) in [6, 6.07) is 9.35. The number of hydrogen-bond donors (Lipinski definition) is 1. The lowest BCUT2D eigenvalue weighted by Gasteiger charge is -2.27. The Morgan fingerprint density at radius 2 is 2.21 bits per heavy atom. The van der Waals surface area contributed by atoms with Gasteiger partial charge in [0.15, 0.2) is 0 Å². The molecule has 19 heavy (non-hydrogen) atoms. The van der Waals surface area contributed by atoms with Gasteiger partial charge in [0.2, 0.25) is 0 Å². The van der Waals surface area contributed by atoms with Gasteiger partial charge in [0.25, 0.3) is 0 Å². The Balaban J connectivity index is 1.93. The quantitative estimate of drug-likeness (QED) is 0.909. The molecule has 3 heteroatoms. The highest BCUT2D eigenvalue weighted by molar-refractivity contribution is 7.09. The molecule has 1 N–H and O–H groups in total. The number of hydrogen-bond acceptors (Lipinski definition) is 3. The van der Waals surface area contributed by atoms with E-state index in [4.69, 9.17) is 0 Å². The number of benzene rings is 1. The van der Waals surface area contributed by atoms with Crippen molar-refractivity contribution in [2.75, 3.05) is 7.05 Å². The van der Waals surface area contributed by atoms with Crippen LogP contribution in [0.2, 0.25) is 0 Å². The number of aryl methyl sites for hydroxylation is 1. The number of thiazole rings is 1. The molecule has 1 unspecified atom stereocenters. The highest BCUT2D eigenvalue weighted by atomic mass is 32.1. The van der Waals surface area contributed by atoms with Crippen LogP contribution in [0.25, 0.3) is 0 Å². The van der Waals surface area contributed by atoms with Gasteiger partial charge < -0.3 is 5.32 Å². The van der Waals surface area contributed by atoms with Gasteiger partial charge in [-0.05, 0) is 43.9 Å². The zero-order valence-electron chi connectivity index (χ0n) is 11.5. The van der Waals surface area contributed by atoms with Crippen LogP contribution in [0.4, 0.5) is 0 Å². The van der Waals surface area contributed by atoms with Crippen molar-refractivity contribution in [3.05, 3.63) is 51.5 Å². The van der Waals surface area contributed by atoms with Crippen molar-refractivity contribution in [1.29, 1.82) is 0 Å². The second-order valence-corrected chi connectivity index (χ2v) is 6.21. The summed E-state index contributed by atoms with van der Waals surface area (Å²) in [7, 11) is 2.03. The molecular weight excluding hydrogens is 252 g/mol. The lowest BCUT2D eigenvalue weighted by Crippen LogP contribution is -2.18. The summed E-state index contributed by atoms with van der Waals surface area (Å²) in [5, 5.41) is 3.43. The summed E-state index contributed by atoms with van der Waals surface area (Å²) in [4.78, 5) is 5.70. The summed E-state index contributed by atoms with van der Waals surface area (Å²) < 4.78 is 0. The number of nitrogens with zero attached hydrogens (tertiary/aromatic N) is 1. The molecule has 1 aromatic heterocycles. The topological polar surface area (TPSA) is 24.9 Å². The van der Waals surface area contributed by atoms with E-state index in [1.165, 1.54) is 35.3 Å². The third-order valence-electron chi connectivity index (χ3n) is 4.15. The summed E-state index contributed by atoms with van der Waals surface area (Å²) in [6.45, 7) is 2.09. The van der Waals surface area contributed by atoms with Crippen molar-refractivity contribution >= 4 is 11.3 Å². The summed E-state index contributed by atoms with van der Waals surface area (Å²) in [5.74, 6) is 0.792. The number of rotatable bonds is 4. The molecule has 1 heterocycles. The normalized spacial score (nSPS) is 17.2. The predicted octanol–water partition coefficient (Wildman–Crippen LogP) is 4.03. The molecule has 1 fully saturated rings. The first-order chi connectivity index (χ1) is 9.29. The molecule has 1 aromatic carbocycles. The van der Waals surface area contributed by atoms with E-state index < -0.39 is 0 Å². The van der Waals surface area contributed by atoms with E-state index >= 15 is 0 Å². The van der Waals surface area contributed by atoms with Crippen molar-refractivity contribution < 1.29 is 0 Å². The van der Waals surface area contributed by atoms with Gasteiger partial charge in [0, 0.05) is 4.88 Å². The van der Waals surface area contributed by atoms with E-state index in [-0.39, 0.29) is 6.04 Å². The fourth-order valence-electron chi connectivity index (χ4n) is 2.77. The van der Waals surface area contributed by atoms with Crippen molar-refractivity contribution in [3.8, 4) is 0 Å². The van der Waals surface area contributed by atoms with Gasteiger partial charge in [-0.3, -0.25) is 0 Å². The second kappa shape index (κ2) is 5.43. The monoisotopic (exact) mass is 272 g/mol. The summed E-state index contributed by atoms with van der Waals surface area (Å²) in [6.07, 6.45) is 4.10. The first kappa shape index (κ1) is 12.8. The summed E-state index contributed by atoms with van der Waals surface area (Å²) in [5.41, 5.74) is 5.94. The van der Waals surface area contributed by atoms with Gasteiger partial charge in [-0.1, -0.05) is 30.7 Å². The second-order valence-electron chi connectivity index (χ2n) is 5.32. The smallest absolute Gasteiger partial charge is 0.0798 e. The zero-order chi connectivity index (χ0) is 13.2. The van der Waals surface area contributed by atoms with Crippen LogP contribution in [0.15, 0.2) is 29.8 Å². The van der Waals surface area contributed by atoms with E-state index in [1.54, 1.807) is 11.3 Å². The number of nitrogens with one attached hydrogen (secondary N) is 1. The molecule has 0 radical (unpaired) electrons. The fourth-order valence-corrected chi connectivity index (χ4v) is 3.71. The Morgan fingerprint density at radius 3 is 2.79 bits per heavy atom. The summed E-state index contributed by atoms with van der Waals surface area (Å²) >= 11 is 1.74. The molecule has 0 amide bonds. The minimum atomic E-state index is 0.271. The maximum atomic E-state index is 4.37. The molecule has 0 spiro atoms. The Morgan fingerprint density at radius 1 is 1.37 bits per heavy atom. The van der Waals surface area contributed by atoms with E-state index in [0.29, 0.717) is 0 Å². The molecule has 2 aromatic rings. The largest absolute Gasteiger partial charge is 0.309 e. The minimum absolute atomic E-state index is 0.271. The molecular formula is C16H20N2S. The Labute approximate surface area is 118 Å². The average molecular weight is 272 g/mol. The van der Waals surface area contributed by atoms with E-state index in [1.807, 2.05) is 12.6 Å². The van der Waals surface area contributed by atoms with Gasteiger partial charge in [-0.25, -0.2) is 4.98 Å². The molecule has 1 saturated carbocycles. The molecule has 1 aliphatic rings. The SMILES string of the molecule is CNC(c1cccc(C2CCC2)c1)c1scnc1C. The molecule has 2 nitrogen and oxygen atoms in total. The van der Waals surface area contributed by atoms with Crippen LogP contribution in [-0.4, -0.2) is 12.0 Å². The highest BCUT2D eigenvalue weighted by Crippen LogP contribution is 2.37. The van der Waals surface area contributed by atoms with Gasteiger partial charge in [-0.2, -0.15) is 0 Å². The van der Waals surface area contributed by atoms with Crippen LogP contribution in [0.3, 0.4) is 0 Å². The predicted molar refractivity (Wildman–Crippen MR) is 80.8 cm³/mol. The third kappa shape index (κ3) is 2.45. The van der Waals surface area contributed by atoms with Crippen LogP contribution < -0.4 is 5.32 Å². The van der Waals surface area contributed by atoms with Crippen LogP contribution in [0.5, 0.6) is 0 Å². The number of aromatic nitrogens is 1. The Kier molecular flexibility index (Phi) is 3.67. The van der Waals surface area contributed by atoms with Gasteiger partial charge in [-0.15, -0.1) is 11.3 Å².